The van der Waals surface area contributed by atoms with Crippen molar-refractivity contribution in [1.29, 1.82) is 0 Å². The van der Waals surface area contributed by atoms with Crippen molar-refractivity contribution in [2.45, 2.75) is 12.3 Å². The second-order valence-electron chi connectivity index (χ2n) is 1.81. The van der Waals surface area contributed by atoms with Gasteiger partial charge in [0.1, 0.15) is 0 Å². The van der Waals surface area contributed by atoms with Gasteiger partial charge < -0.3 is 16.2 Å². The zero-order valence-electron chi connectivity index (χ0n) is 6.86. The van der Waals surface area contributed by atoms with E-state index < -0.39 is 21.4 Å². The van der Waals surface area contributed by atoms with E-state index in [0.717, 1.165) is 6.92 Å². The third-order valence-corrected chi connectivity index (χ3v) is 1.95. The maximum atomic E-state index is 10.4. The summed E-state index contributed by atoms with van der Waals surface area (Å²) in [6, 6.07) is 0. The predicted molar refractivity (Wildman–Crippen MR) is 38.0 cm³/mol. The summed E-state index contributed by atoms with van der Waals surface area (Å²) in [5, 5.41) is 0.590. The van der Waals surface area contributed by atoms with Crippen molar-refractivity contribution >= 4 is 16.0 Å². The summed E-state index contributed by atoms with van der Waals surface area (Å²) >= 11 is 0. The molecule has 5 nitrogen and oxygen atoms in total. The molecule has 0 aliphatic heterocycles. The van der Waals surface area contributed by atoms with E-state index in [1.54, 1.807) is 0 Å². The van der Waals surface area contributed by atoms with Crippen LogP contribution in [0.5, 0.6) is 0 Å². The number of amides is 1. The fourth-order valence-electron chi connectivity index (χ4n) is 0.310. The number of hydrogen-bond acceptors (Lipinski definition) is 3. The maximum absolute atomic E-state index is 10.4. The van der Waals surface area contributed by atoms with Crippen LogP contribution in [-0.4, -0.2) is 24.3 Å². The van der Waals surface area contributed by atoms with Crippen LogP contribution in [0.15, 0.2) is 6.58 Å². The van der Waals surface area contributed by atoms with Gasteiger partial charge in [-0.1, -0.05) is 0 Å². The van der Waals surface area contributed by atoms with Crippen LogP contribution in [-0.2, 0) is 14.9 Å². The second-order valence-corrected chi connectivity index (χ2v) is 3.54. The number of carbonyl (C=O) groups is 1. The van der Waals surface area contributed by atoms with Crippen LogP contribution in [0.1, 0.15) is 6.92 Å². The number of carbonyl (C=O) groups excluding carboxylic acids is 1. The quantitative estimate of drug-likeness (QED) is 0.221. The summed E-state index contributed by atoms with van der Waals surface area (Å²) in [6.07, 6.45) is 1.89. The monoisotopic (exact) mass is 217 g/mol. The number of nitrogens with one attached hydrogen (secondary N) is 1. The first-order valence-electron chi connectivity index (χ1n) is 2.68. The summed E-state index contributed by atoms with van der Waals surface area (Å²) in [4.78, 5) is 10.4. The molecule has 12 heavy (non-hydrogen) atoms. The predicted octanol–water partition coefficient (Wildman–Crippen LogP) is -3.67. The molecular weight excluding hydrogens is 209 g/mol. The minimum Gasteiger partial charge on any atom is -0.412 e. The zero-order chi connectivity index (χ0) is 9.07. The first kappa shape index (κ1) is 15.2. The Morgan fingerprint density at radius 1 is 1.67 bits per heavy atom. The number of rotatable bonds is 3. The molecule has 0 spiro atoms. The molecule has 1 amide bonds. The minimum absolute atomic E-state index is 0. The average molecular weight is 217 g/mol. The molecule has 0 aliphatic rings. The molecule has 0 aromatic heterocycles. The van der Waals surface area contributed by atoms with E-state index in [-0.39, 0.29) is 51.4 Å². The van der Waals surface area contributed by atoms with Crippen LogP contribution in [0.2, 0.25) is 0 Å². The van der Waals surface area contributed by atoms with E-state index in [4.69, 9.17) is 4.55 Å². The van der Waals surface area contributed by atoms with Gasteiger partial charge in [-0.05, 0) is 6.92 Å². The molecule has 0 bridgehead atoms. The second kappa shape index (κ2) is 6.25. The van der Waals surface area contributed by atoms with E-state index in [1.165, 1.54) is 0 Å². The molecular formula is C5H8KNO4S. The van der Waals surface area contributed by atoms with Crippen molar-refractivity contribution in [2.75, 3.05) is 0 Å². The average Bonchev–Trinajstić information content (AvgIpc) is 1.85. The summed E-state index contributed by atoms with van der Waals surface area (Å²) < 4.78 is 28.9. The van der Waals surface area contributed by atoms with Crippen molar-refractivity contribution in [3.63, 3.8) is 0 Å². The van der Waals surface area contributed by atoms with Gasteiger partial charge in [-0.25, -0.2) is 0 Å². The van der Waals surface area contributed by atoms with Crippen LogP contribution in [0.25, 0.3) is 0 Å². The van der Waals surface area contributed by atoms with E-state index in [1.807, 2.05) is 11.4 Å². The number of hydrogen-bond donors (Lipinski definition) is 2. The SMILES string of the molecule is C=[C-]C(=O)NC(C)S(=O)(=O)O.[K+]. The molecule has 1 unspecified atom stereocenters. The minimum atomic E-state index is -4.21. The van der Waals surface area contributed by atoms with Gasteiger partial charge in [0, 0.05) is 0 Å². The molecule has 0 fully saturated rings. The molecule has 0 saturated heterocycles. The smallest absolute Gasteiger partial charge is 0.412 e. The zero-order valence-corrected chi connectivity index (χ0v) is 10.8. The maximum Gasteiger partial charge on any atom is 1.00 e. The molecule has 0 rings (SSSR count). The topological polar surface area (TPSA) is 83.5 Å². The van der Waals surface area contributed by atoms with Gasteiger partial charge in [0.15, 0.2) is 5.37 Å². The Bertz CT molecular complexity index is 261. The molecule has 0 aromatic carbocycles. The van der Waals surface area contributed by atoms with Crippen molar-refractivity contribution in [1.82, 2.24) is 5.32 Å². The van der Waals surface area contributed by atoms with Crippen LogP contribution in [0.4, 0.5) is 0 Å². The molecule has 7 heteroatoms. The standard InChI is InChI=1S/C5H8NO4S.K/c1-3-5(7)6-4(2)11(8,9)10;/h4H,1H2,2H3,(H,6,7)(H,8,9,10);/q-1;+1. The Labute approximate surface area is 114 Å². The van der Waals surface area contributed by atoms with Crippen LogP contribution in [0.3, 0.4) is 0 Å². The Hall–Kier alpha value is 0.756. The van der Waals surface area contributed by atoms with E-state index in [9.17, 15) is 13.2 Å². The molecule has 0 aliphatic carbocycles. The molecule has 0 saturated carbocycles. The Balaban J connectivity index is 0. The van der Waals surface area contributed by atoms with Crippen molar-refractivity contribution in [2.24, 2.45) is 0 Å². The van der Waals surface area contributed by atoms with Crippen LogP contribution in [0, 0.1) is 6.08 Å². The Morgan fingerprint density at radius 3 is 2.33 bits per heavy atom. The van der Waals surface area contributed by atoms with Crippen molar-refractivity contribution in [3.8, 4) is 0 Å². The summed E-state index contributed by atoms with van der Waals surface area (Å²) in [5.74, 6) is -0.768. The van der Waals surface area contributed by atoms with E-state index in [0.29, 0.717) is 0 Å². The van der Waals surface area contributed by atoms with Gasteiger partial charge in [0.05, 0.1) is 5.91 Å². The summed E-state index contributed by atoms with van der Waals surface area (Å²) in [6.45, 7) is 4.11. The van der Waals surface area contributed by atoms with E-state index in [2.05, 4.69) is 6.58 Å². The first-order chi connectivity index (χ1) is 4.88. The van der Waals surface area contributed by atoms with Crippen LogP contribution >= 0.6 is 0 Å². The van der Waals surface area contributed by atoms with Gasteiger partial charge in [-0.2, -0.15) is 8.42 Å². The molecule has 1 atom stereocenters. The summed E-state index contributed by atoms with van der Waals surface area (Å²) in [5.41, 5.74) is 0. The molecule has 64 valence electrons. The fourth-order valence-corrected chi connectivity index (χ4v) is 0.566. The van der Waals surface area contributed by atoms with Gasteiger partial charge >= 0.3 is 51.4 Å². The van der Waals surface area contributed by atoms with Crippen LogP contribution < -0.4 is 56.7 Å². The van der Waals surface area contributed by atoms with Crippen molar-refractivity contribution in [3.05, 3.63) is 12.7 Å². The van der Waals surface area contributed by atoms with Crippen molar-refractivity contribution < 1.29 is 69.1 Å². The van der Waals surface area contributed by atoms with Gasteiger partial charge in [-0.15, -0.1) is 0 Å². The fraction of sp³-hybridized carbons (Fsp3) is 0.400. The molecule has 0 aromatic rings. The third kappa shape index (κ3) is 6.29. The van der Waals surface area contributed by atoms with Gasteiger partial charge in [0.25, 0.3) is 10.1 Å². The van der Waals surface area contributed by atoms with Gasteiger partial charge in [-0.3, -0.25) is 11.1 Å². The normalized spacial score (nSPS) is 12.5. The first-order valence-corrected chi connectivity index (χ1v) is 4.18. The van der Waals surface area contributed by atoms with E-state index >= 15 is 0 Å². The Kier molecular flexibility index (Phi) is 7.93. The largest absolute Gasteiger partial charge is 1.00 e. The molecule has 0 heterocycles. The Morgan fingerprint density at radius 2 is 2.08 bits per heavy atom. The third-order valence-electron chi connectivity index (χ3n) is 0.942. The molecule has 2 N–H and O–H groups in total. The van der Waals surface area contributed by atoms with Gasteiger partial charge in [0.2, 0.25) is 0 Å². The molecule has 0 radical (unpaired) electrons. The summed E-state index contributed by atoms with van der Waals surface area (Å²) in [7, 11) is -4.21.